The minimum atomic E-state index is -0.0444. The number of amides is 1. The van der Waals surface area contributed by atoms with E-state index < -0.39 is 0 Å². The average Bonchev–Trinajstić information content (AvgIpc) is 2.85. The first-order valence-corrected chi connectivity index (χ1v) is 11.5. The molecule has 5 nitrogen and oxygen atoms in total. The molecule has 1 fully saturated rings. The number of methoxy groups -OCH3 is 2. The molecule has 1 amide bonds. The van der Waals surface area contributed by atoms with E-state index in [0.717, 1.165) is 49.7 Å². The van der Waals surface area contributed by atoms with E-state index in [4.69, 9.17) is 21.1 Å². The topological polar surface area (TPSA) is 42.0 Å². The molecule has 0 aliphatic carbocycles. The Kier molecular flexibility index (Phi) is 7.53. The molecule has 1 aliphatic heterocycles. The van der Waals surface area contributed by atoms with Gasteiger partial charge in [-0.05, 0) is 60.9 Å². The molecule has 3 aromatic carbocycles. The number of benzene rings is 3. The fourth-order valence-corrected chi connectivity index (χ4v) is 4.57. The van der Waals surface area contributed by atoms with Gasteiger partial charge in [-0.1, -0.05) is 35.9 Å². The zero-order valence-electron chi connectivity index (χ0n) is 19.0. The van der Waals surface area contributed by atoms with Crippen molar-refractivity contribution in [2.75, 3.05) is 32.2 Å². The molecule has 3 aromatic rings. The van der Waals surface area contributed by atoms with Crippen molar-refractivity contribution in [3.8, 4) is 11.5 Å². The Hall–Kier alpha value is -3.02. The number of ether oxygens (including phenoxy) is 2. The number of likely N-dealkylation sites (tertiary alicyclic amines) is 1. The van der Waals surface area contributed by atoms with Gasteiger partial charge >= 0.3 is 0 Å². The zero-order chi connectivity index (χ0) is 23.2. The van der Waals surface area contributed by atoms with Crippen LogP contribution in [0.25, 0.3) is 0 Å². The van der Waals surface area contributed by atoms with E-state index >= 15 is 0 Å². The number of anilines is 1. The van der Waals surface area contributed by atoms with E-state index in [-0.39, 0.29) is 11.9 Å². The maximum atomic E-state index is 13.6. The van der Waals surface area contributed by atoms with Crippen LogP contribution in [0.2, 0.25) is 5.02 Å². The van der Waals surface area contributed by atoms with Crippen molar-refractivity contribution in [1.29, 1.82) is 0 Å². The fourth-order valence-electron chi connectivity index (χ4n) is 4.38. The van der Waals surface area contributed by atoms with Crippen molar-refractivity contribution in [3.63, 3.8) is 0 Å². The number of halogens is 1. The average molecular weight is 465 g/mol. The summed E-state index contributed by atoms with van der Waals surface area (Å²) in [6.45, 7) is 2.68. The SMILES string of the molecule is COc1cccc(CN2CCC(N(C(=O)c3cccc(Cl)c3)c3cccc(OC)c3)CC2)c1. The second-order valence-corrected chi connectivity index (χ2v) is 8.68. The molecule has 1 heterocycles. The minimum Gasteiger partial charge on any atom is -0.497 e. The van der Waals surface area contributed by atoms with Crippen molar-refractivity contribution >= 4 is 23.2 Å². The van der Waals surface area contributed by atoms with Crippen molar-refractivity contribution in [1.82, 2.24) is 4.90 Å². The summed E-state index contributed by atoms with van der Waals surface area (Å²) in [6, 6.07) is 23.1. The van der Waals surface area contributed by atoms with Gasteiger partial charge in [0.2, 0.25) is 0 Å². The Balaban J connectivity index is 1.53. The molecule has 172 valence electrons. The standard InChI is InChI=1S/C27H29ClN2O3/c1-32-25-10-3-6-20(16-25)19-29-14-12-23(13-15-29)30(24-9-5-11-26(18-24)33-2)27(31)21-7-4-8-22(28)17-21/h3-11,16-18,23H,12-15,19H2,1-2H3. The highest BCUT2D eigenvalue weighted by Crippen LogP contribution is 2.30. The highest BCUT2D eigenvalue weighted by atomic mass is 35.5. The molecule has 0 unspecified atom stereocenters. The Labute approximate surface area is 200 Å². The van der Waals surface area contributed by atoms with Gasteiger partial charge in [0.1, 0.15) is 11.5 Å². The molecule has 0 N–H and O–H groups in total. The number of carbonyl (C=O) groups excluding carboxylic acids is 1. The normalized spacial score (nSPS) is 14.6. The lowest BCUT2D eigenvalue weighted by atomic mass is 10.00. The van der Waals surface area contributed by atoms with Crippen molar-refractivity contribution in [2.45, 2.75) is 25.4 Å². The lowest BCUT2D eigenvalue weighted by Gasteiger charge is -2.39. The molecular weight excluding hydrogens is 436 g/mol. The first-order valence-electron chi connectivity index (χ1n) is 11.2. The lowest BCUT2D eigenvalue weighted by Crippen LogP contribution is -2.47. The van der Waals surface area contributed by atoms with Crippen LogP contribution in [0.1, 0.15) is 28.8 Å². The van der Waals surface area contributed by atoms with Crippen LogP contribution < -0.4 is 14.4 Å². The van der Waals surface area contributed by atoms with E-state index in [0.29, 0.717) is 10.6 Å². The third kappa shape index (κ3) is 5.67. The van der Waals surface area contributed by atoms with E-state index in [1.54, 1.807) is 26.4 Å². The summed E-state index contributed by atoms with van der Waals surface area (Å²) >= 11 is 6.18. The van der Waals surface area contributed by atoms with Crippen LogP contribution >= 0.6 is 11.6 Å². The number of hydrogen-bond donors (Lipinski definition) is 0. The lowest BCUT2D eigenvalue weighted by molar-refractivity contribution is 0.0958. The highest BCUT2D eigenvalue weighted by Gasteiger charge is 2.30. The van der Waals surface area contributed by atoms with Gasteiger partial charge < -0.3 is 14.4 Å². The number of rotatable bonds is 7. The van der Waals surface area contributed by atoms with Gasteiger partial charge in [-0.15, -0.1) is 0 Å². The van der Waals surface area contributed by atoms with Gasteiger partial charge in [0.15, 0.2) is 0 Å². The molecule has 0 spiro atoms. The second kappa shape index (κ2) is 10.7. The maximum absolute atomic E-state index is 13.6. The summed E-state index contributed by atoms with van der Waals surface area (Å²) in [5.41, 5.74) is 2.65. The van der Waals surface area contributed by atoms with Gasteiger partial charge in [-0.3, -0.25) is 9.69 Å². The number of piperidine rings is 1. The monoisotopic (exact) mass is 464 g/mol. The summed E-state index contributed by atoms with van der Waals surface area (Å²) in [7, 11) is 3.33. The van der Waals surface area contributed by atoms with Crippen LogP contribution in [0, 0.1) is 0 Å². The summed E-state index contributed by atoms with van der Waals surface area (Å²) in [5.74, 6) is 1.56. The van der Waals surface area contributed by atoms with E-state index in [1.807, 2.05) is 53.4 Å². The molecule has 1 saturated heterocycles. The Morgan fingerprint density at radius 1 is 0.939 bits per heavy atom. The van der Waals surface area contributed by atoms with Crippen molar-refractivity contribution in [2.24, 2.45) is 0 Å². The van der Waals surface area contributed by atoms with Gasteiger partial charge in [-0.2, -0.15) is 0 Å². The first kappa shape index (κ1) is 23.1. The number of hydrogen-bond acceptors (Lipinski definition) is 4. The molecule has 0 saturated carbocycles. The smallest absolute Gasteiger partial charge is 0.258 e. The van der Waals surface area contributed by atoms with Crippen LogP contribution in [-0.2, 0) is 6.54 Å². The van der Waals surface area contributed by atoms with E-state index in [1.165, 1.54) is 5.56 Å². The summed E-state index contributed by atoms with van der Waals surface area (Å²) < 4.78 is 10.8. The molecule has 1 aliphatic rings. The predicted molar refractivity (Wildman–Crippen MR) is 133 cm³/mol. The summed E-state index contributed by atoms with van der Waals surface area (Å²) in [6.07, 6.45) is 1.76. The molecule has 0 radical (unpaired) electrons. The van der Waals surface area contributed by atoms with E-state index in [9.17, 15) is 4.79 Å². The van der Waals surface area contributed by atoms with Crippen LogP contribution in [0.5, 0.6) is 11.5 Å². The van der Waals surface area contributed by atoms with Crippen molar-refractivity contribution in [3.05, 3.63) is 88.9 Å². The third-order valence-electron chi connectivity index (χ3n) is 6.08. The zero-order valence-corrected chi connectivity index (χ0v) is 19.8. The largest absolute Gasteiger partial charge is 0.497 e. The number of nitrogens with zero attached hydrogens (tertiary/aromatic N) is 2. The Morgan fingerprint density at radius 3 is 2.30 bits per heavy atom. The molecular formula is C27H29ClN2O3. The van der Waals surface area contributed by atoms with Crippen LogP contribution in [0.15, 0.2) is 72.8 Å². The molecule has 6 heteroatoms. The molecule has 33 heavy (non-hydrogen) atoms. The Morgan fingerprint density at radius 2 is 1.61 bits per heavy atom. The van der Waals surface area contributed by atoms with Crippen molar-refractivity contribution < 1.29 is 14.3 Å². The molecule has 4 rings (SSSR count). The van der Waals surface area contributed by atoms with Gasteiger partial charge in [-0.25, -0.2) is 0 Å². The third-order valence-corrected chi connectivity index (χ3v) is 6.32. The van der Waals surface area contributed by atoms with Crippen LogP contribution in [0.4, 0.5) is 5.69 Å². The van der Waals surface area contributed by atoms with Crippen LogP contribution in [-0.4, -0.2) is 44.2 Å². The summed E-state index contributed by atoms with van der Waals surface area (Å²) in [5, 5.41) is 0.555. The van der Waals surface area contributed by atoms with E-state index in [2.05, 4.69) is 17.0 Å². The van der Waals surface area contributed by atoms with Gasteiger partial charge in [0.25, 0.3) is 5.91 Å². The molecule has 0 bridgehead atoms. The maximum Gasteiger partial charge on any atom is 0.258 e. The minimum absolute atomic E-state index is 0.0444. The Bertz CT molecular complexity index is 1100. The fraction of sp³-hybridized carbons (Fsp3) is 0.296. The van der Waals surface area contributed by atoms with Gasteiger partial charge in [0, 0.05) is 48.0 Å². The quantitative estimate of drug-likeness (QED) is 0.452. The van der Waals surface area contributed by atoms with Crippen LogP contribution in [0.3, 0.4) is 0 Å². The van der Waals surface area contributed by atoms with Gasteiger partial charge in [0.05, 0.1) is 14.2 Å². The predicted octanol–water partition coefficient (Wildman–Crippen LogP) is 5.67. The highest BCUT2D eigenvalue weighted by molar-refractivity contribution is 6.31. The molecule has 0 aromatic heterocycles. The summed E-state index contributed by atoms with van der Waals surface area (Å²) in [4.78, 5) is 18.0. The second-order valence-electron chi connectivity index (χ2n) is 8.25. The first-order chi connectivity index (χ1) is 16.1. The number of carbonyl (C=O) groups is 1. The molecule has 0 atom stereocenters.